The maximum atomic E-state index is 11.8. The molecule has 0 aliphatic heterocycles. The van der Waals surface area contributed by atoms with Crippen molar-refractivity contribution in [2.75, 3.05) is 27.2 Å². The van der Waals surface area contributed by atoms with Gasteiger partial charge in [-0.15, -0.1) is 0 Å². The highest BCUT2D eigenvalue weighted by Gasteiger charge is 2.03. The van der Waals surface area contributed by atoms with Gasteiger partial charge in [-0.2, -0.15) is 0 Å². The van der Waals surface area contributed by atoms with Crippen LogP contribution < -0.4 is 10.6 Å². The average molecular weight is 301 g/mol. The van der Waals surface area contributed by atoms with E-state index in [1.54, 1.807) is 24.3 Å². The van der Waals surface area contributed by atoms with E-state index in [-0.39, 0.29) is 5.75 Å². The first-order valence-corrected chi connectivity index (χ1v) is 7.91. The fraction of sp³-hybridized carbons (Fsp3) is 0.417. The average Bonchev–Trinajstić information content (AvgIpc) is 2.28. The number of likely N-dealkylation sites (N-methyl/N-ethyl adjacent to an activating group) is 1. The van der Waals surface area contributed by atoms with Crippen LogP contribution in [-0.2, 0) is 15.8 Å². The van der Waals surface area contributed by atoms with Gasteiger partial charge in [0.2, 0.25) is 0 Å². The molecule has 106 valence electrons. The van der Waals surface area contributed by atoms with Crippen molar-refractivity contribution in [2.24, 2.45) is 5.73 Å². The van der Waals surface area contributed by atoms with Gasteiger partial charge in [0.05, 0.1) is 36.4 Å². The number of quaternary nitrogens is 1. The fourth-order valence-electron chi connectivity index (χ4n) is 1.43. The predicted octanol–water partition coefficient (Wildman–Crippen LogP) is -0.331. The third kappa shape index (κ3) is 6.11. The van der Waals surface area contributed by atoms with E-state index in [0.717, 1.165) is 5.56 Å². The molecule has 19 heavy (non-hydrogen) atoms. The molecular weight excluding hydrogens is 282 g/mol. The summed E-state index contributed by atoms with van der Waals surface area (Å²) in [5.41, 5.74) is 6.89. The fourth-order valence-corrected chi connectivity index (χ4v) is 2.64. The van der Waals surface area contributed by atoms with Crippen LogP contribution in [0.4, 0.5) is 0 Å². The summed E-state index contributed by atoms with van der Waals surface area (Å²) >= 11 is 4.84. The standard InChI is InChI=1S/C12H18N3O2S2/c1-15(2)8-7-14-19(16,17)9-10-3-5-11(6-4-10)12(13)18/h3-6H,7-9H2,1-2H3,(H2,13,18)/q-1/p+1. The summed E-state index contributed by atoms with van der Waals surface area (Å²) < 4.78 is 27.3. The number of benzene rings is 1. The number of thiocarbonyl (C=S) groups is 1. The molecule has 0 aromatic heterocycles. The van der Waals surface area contributed by atoms with Crippen molar-refractivity contribution in [2.45, 2.75) is 5.75 Å². The molecule has 0 amide bonds. The number of hydrogen-bond donors (Lipinski definition) is 2. The van der Waals surface area contributed by atoms with Crippen molar-refractivity contribution >= 4 is 27.2 Å². The molecule has 0 unspecified atom stereocenters. The van der Waals surface area contributed by atoms with Crippen LogP contribution in [0.25, 0.3) is 4.72 Å². The molecule has 0 saturated heterocycles. The zero-order valence-electron chi connectivity index (χ0n) is 11.1. The minimum Gasteiger partial charge on any atom is -0.544 e. The highest BCUT2D eigenvalue weighted by Crippen LogP contribution is 2.12. The summed E-state index contributed by atoms with van der Waals surface area (Å²) in [7, 11) is 0.494. The molecule has 0 bridgehead atoms. The minimum absolute atomic E-state index is 0.0899. The van der Waals surface area contributed by atoms with Gasteiger partial charge in [0.15, 0.2) is 0 Å². The van der Waals surface area contributed by atoms with Gasteiger partial charge in [0.1, 0.15) is 4.99 Å². The number of rotatable bonds is 7. The molecule has 0 spiro atoms. The van der Waals surface area contributed by atoms with Gasteiger partial charge in [-0.1, -0.05) is 43.0 Å². The summed E-state index contributed by atoms with van der Waals surface area (Å²) in [6, 6.07) is 6.85. The van der Waals surface area contributed by atoms with Crippen molar-refractivity contribution in [3.63, 3.8) is 0 Å². The highest BCUT2D eigenvalue weighted by atomic mass is 32.2. The zero-order chi connectivity index (χ0) is 14.5. The normalized spacial score (nSPS) is 11.7. The van der Waals surface area contributed by atoms with Crippen LogP contribution in [0.2, 0.25) is 0 Å². The first kappa shape index (κ1) is 16.0. The Morgan fingerprint density at radius 3 is 2.37 bits per heavy atom. The Labute approximate surface area is 119 Å². The molecule has 1 aromatic carbocycles. The molecule has 0 aliphatic rings. The second-order valence-corrected chi connectivity index (χ2v) is 6.75. The molecule has 0 saturated carbocycles. The summed E-state index contributed by atoms with van der Waals surface area (Å²) in [5, 5.41) is 0. The Morgan fingerprint density at radius 2 is 1.89 bits per heavy atom. The lowest BCUT2D eigenvalue weighted by Gasteiger charge is -2.20. The van der Waals surface area contributed by atoms with Gasteiger partial charge in [-0.3, -0.25) is 0 Å². The SMILES string of the molecule is C[NH+](C)CC[N-]S(=O)(=O)Cc1ccc(C(N)=S)cc1. The molecule has 0 radical (unpaired) electrons. The Morgan fingerprint density at radius 1 is 1.32 bits per heavy atom. The van der Waals surface area contributed by atoms with E-state index in [9.17, 15) is 8.42 Å². The number of nitrogens with one attached hydrogen (secondary N) is 1. The second-order valence-electron chi connectivity index (χ2n) is 4.60. The van der Waals surface area contributed by atoms with Crippen LogP contribution in [-0.4, -0.2) is 40.6 Å². The molecule has 3 N–H and O–H groups in total. The largest absolute Gasteiger partial charge is 0.544 e. The van der Waals surface area contributed by atoms with Crippen molar-refractivity contribution < 1.29 is 13.3 Å². The van der Waals surface area contributed by atoms with E-state index in [1.165, 1.54) is 4.90 Å². The lowest BCUT2D eigenvalue weighted by Crippen LogP contribution is -3.06. The molecule has 0 atom stereocenters. The van der Waals surface area contributed by atoms with Crippen LogP contribution in [0, 0.1) is 0 Å². The van der Waals surface area contributed by atoms with Gasteiger partial charge in [0, 0.05) is 5.56 Å². The Balaban J connectivity index is 2.60. The predicted molar refractivity (Wildman–Crippen MR) is 80.9 cm³/mol. The van der Waals surface area contributed by atoms with Crippen molar-refractivity contribution in [1.29, 1.82) is 0 Å². The quantitative estimate of drug-likeness (QED) is 0.676. The third-order valence-corrected chi connectivity index (χ3v) is 4.00. The van der Waals surface area contributed by atoms with Gasteiger partial charge < -0.3 is 15.4 Å². The van der Waals surface area contributed by atoms with Gasteiger partial charge in [0.25, 0.3) is 0 Å². The number of nitrogens with zero attached hydrogens (tertiary/aromatic N) is 1. The summed E-state index contributed by atoms with van der Waals surface area (Å²) in [5.74, 6) is -0.0899. The van der Waals surface area contributed by atoms with Crippen molar-refractivity contribution in [1.82, 2.24) is 0 Å². The lowest BCUT2D eigenvalue weighted by molar-refractivity contribution is -0.856. The first-order valence-electron chi connectivity index (χ1n) is 5.89. The van der Waals surface area contributed by atoms with Gasteiger partial charge in [-0.25, -0.2) is 8.42 Å². The number of sulfonamides is 1. The van der Waals surface area contributed by atoms with Crippen LogP contribution in [0.3, 0.4) is 0 Å². The van der Waals surface area contributed by atoms with Crippen LogP contribution in [0.15, 0.2) is 24.3 Å². The maximum Gasteiger partial charge on any atom is 0.103 e. The summed E-state index contributed by atoms with van der Waals surface area (Å²) in [4.78, 5) is 1.47. The van der Waals surface area contributed by atoms with E-state index < -0.39 is 10.0 Å². The number of hydrogen-bond acceptors (Lipinski definition) is 3. The molecule has 5 nitrogen and oxygen atoms in total. The van der Waals surface area contributed by atoms with E-state index in [2.05, 4.69) is 4.72 Å². The summed E-state index contributed by atoms with van der Waals surface area (Å²) in [6.45, 7) is 1.01. The minimum atomic E-state index is -3.42. The van der Waals surface area contributed by atoms with E-state index in [1.807, 2.05) is 14.1 Å². The van der Waals surface area contributed by atoms with Gasteiger partial charge >= 0.3 is 0 Å². The van der Waals surface area contributed by atoms with Crippen LogP contribution in [0.5, 0.6) is 0 Å². The first-order chi connectivity index (χ1) is 8.80. The van der Waals surface area contributed by atoms with Crippen LogP contribution >= 0.6 is 12.2 Å². The van der Waals surface area contributed by atoms with E-state index in [4.69, 9.17) is 18.0 Å². The Hall–Kier alpha value is -1.02. The topological polar surface area (TPSA) is 78.7 Å². The highest BCUT2D eigenvalue weighted by molar-refractivity contribution is 7.93. The maximum absolute atomic E-state index is 11.8. The number of nitrogens with two attached hydrogens (primary N) is 1. The van der Waals surface area contributed by atoms with Gasteiger partial charge in [-0.05, 0) is 5.56 Å². The zero-order valence-corrected chi connectivity index (χ0v) is 12.7. The van der Waals surface area contributed by atoms with Crippen LogP contribution in [0.1, 0.15) is 11.1 Å². The van der Waals surface area contributed by atoms with Crippen molar-refractivity contribution in [3.05, 3.63) is 40.1 Å². The van der Waals surface area contributed by atoms with E-state index in [0.29, 0.717) is 23.6 Å². The lowest BCUT2D eigenvalue weighted by atomic mass is 10.1. The molecule has 1 rings (SSSR count). The monoisotopic (exact) mass is 301 g/mol. The third-order valence-electron chi connectivity index (χ3n) is 2.49. The molecule has 0 heterocycles. The Bertz CT molecular complexity index is 524. The smallest absolute Gasteiger partial charge is 0.103 e. The Kier molecular flexibility index (Phi) is 5.86. The second kappa shape index (κ2) is 6.95. The molecule has 1 aromatic rings. The van der Waals surface area contributed by atoms with E-state index >= 15 is 0 Å². The molecular formula is C12H19N3O2S2. The van der Waals surface area contributed by atoms with Crippen molar-refractivity contribution in [3.8, 4) is 0 Å². The molecule has 0 fully saturated rings. The molecule has 0 aliphatic carbocycles. The molecule has 7 heteroatoms. The summed E-state index contributed by atoms with van der Waals surface area (Å²) in [6.07, 6.45) is 0.